The number of hydrogen-bond donors (Lipinski definition) is 2. The molecule has 2 aromatic rings. The zero-order valence-electron chi connectivity index (χ0n) is 13.4. The van der Waals surface area contributed by atoms with E-state index < -0.39 is 0 Å². The highest BCUT2D eigenvalue weighted by Crippen LogP contribution is 2.48. The number of hydrogen-bond acceptors (Lipinski definition) is 3. The molecule has 0 radical (unpaired) electrons. The van der Waals surface area contributed by atoms with Gasteiger partial charge in [0.15, 0.2) is 0 Å². The summed E-state index contributed by atoms with van der Waals surface area (Å²) in [6, 6.07) is 8.61. The van der Waals surface area contributed by atoms with Crippen LogP contribution in [0.2, 0.25) is 0 Å². The van der Waals surface area contributed by atoms with Crippen molar-refractivity contribution in [2.24, 2.45) is 5.41 Å². The number of fused-ring (bicyclic) bond motifs is 4. The number of nitrogens with zero attached hydrogens (tertiary/aromatic N) is 1. The van der Waals surface area contributed by atoms with Gasteiger partial charge in [0.2, 0.25) is 0 Å². The molecule has 1 aromatic carbocycles. The number of rotatable bonds is 0. The average Bonchev–Trinajstić information content (AvgIpc) is 3.15. The summed E-state index contributed by atoms with van der Waals surface area (Å²) >= 11 is 0. The van der Waals surface area contributed by atoms with E-state index in [4.69, 9.17) is 4.74 Å². The Hall–Kier alpha value is -1.36. The van der Waals surface area contributed by atoms with Crippen LogP contribution in [0.3, 0.4) is 0 Å². The molecule has 2 fully saturated rings. The van der Waals surface area contributed by atoms with Crippen molar-refractivity contribution in [1.29, 1.82) is 0 Å². The number of aromatic amines is 1. The van der Waals surface area contributed by atoms with Gasteiger partial charge in [-0.1, -0.05) is 18.2 Å². The highest BCUT2D eigenvalue weighted by molar-refractivity contribution is 5.84. The van der Waals surface area contributed by atoms with Gasteiger partial charge in [-0.15, -0.1) is 0 Å². The molecule has 0 aliphatic carbocycles. The Kier molecular flexibility index (Phi) is 3.09. The second-order valence-corrected chi connectivity index (χ2v) is 7.42. The number of para-hydroxylation sites is 1. The highest BCUT2D eigenvalue weighted by atomic mass is 16.5. The van der Waals surface area contributed by atoms with Crippen LogP contribution >= 0.6 is 0 Å². The first-order valence-corrected chi connectivity index (χ1v) is 8.90. The number of aryl methyl sites for hydroxylation is 1. The van der Waals surface area contributed by atoms with Gasteiger partial charge in [0, 0.05) is 41.7 Å². The van der Waals surface area contributed by atoms with Crippen LogP contribution in [-0.2, 0) is 17.6 Å². The third kappa shape index (κ3) is 1.95. The Labute approximate surface area is 136 Å². The molecule has 2 bridgehead atoms. The van der Waals surface area contributed by atoms with Crippen molar-refractivity contribution in [2.45, 2.75) is 44.4 Å². The van der Waals surface area contributed by atoms with Crippen molar-refractivity contribution in [3.05, 3.63) is 35.5 Å². The summed E-state index contributed by atoms with van der Waals surface area (Å²) in [5.41, 5.74) is 3.99. The van der Waals surface area contributed by atoms with Crippen LogP contribution in [0.15, 0.2) is 24.3 Å². The minimum absolute atomic E-state index is 0.0723. The number of benzene rings is 1. The number of nitrogens with one attached hydrogen (secondary N) is 1. The molecule has 3 aliphatic rings. The summed E-state index contributed by atoms with van der Waals surface area (Å²) in [7, 11) is 0. The van der Waals surface area contributed by atoms with E-state index in [9.17, 15) is 5.11 Å². The van der Waals surface area contributed by atoms with Gasteiger partial charge in [-0.05, 0) is 43.7 Å². The van der Waals surface area contributed by atoms with Crippen LogP contribution in [0.5, 0.6) is 0 Å². The van der Waals surface area contributed by atoms with Crippen molar-refractivity contribution in [3.63, 3.8) is 0 Å². The predicted octanol–water partition coefficient (Wildman–Crippen LogP) is 2.46. The molecule has 0 amide bonds. The van der Waals surface area contributed by atoms with Crippen molar-refractivity contribution in [1.82, 2.24) is 9.88 Å². The second kappa shape index (κ2) is 5.07. The molecule has 4 atom stereocenters. The van der Waals surface area contributed by atoms with E-state index in [0.29, 0.717) is 0 Å². The smallest absolute Gasteiger partial charge is 0.115 e. The minimum atomic E-state index is -0.348. The van der Waals surface area contributed by atoms with E-state index in [2.05, 4.69) is 34.1 Å². The molecule has 4 heterocycles. The van der Waals surface area contributed by atoms with Gasteiger partial charge in [-0.2, -0.15) is 0 Å². The molecule has 5 rings (SSSR count). The van der Waals surface area contributed by atoms with E-state index in [1.165, 1.54) is 22.2 Å². The number of aromatic nitrogens is 1. The topological polar surface area (TPSA) is 48.5 Å². The lowest BCUT2D eigenvalue weighted by Gasteiger charge is -2.47. The Morgan fingerprint density at radius 1 is 1.17 bits per heavy atom. The number of H-pyrrole nitrogens is 1. The summed E-state index contributed by atoms with van der Waals surface area (Å²) in [4.78, 5) is 5.94. The van der Waals surface area contributed by atoms with Crippen LogP contribution in [0, 0.1) is 5.41 Å². The predicted molar refractivity (Wildman–Crippen MR) is 89.3 cm³/mol. The number of aliphatic hydroxyl groups is 1. The highest BCUT2D eigenvalue weighted by Gasteiger charge is 2.53. The second-order valence-electron chi connectivity index (χ2n) is 7.42. The Morgan fingerprint density at radius 3 is 3.04 bits per heavy atom. The van der Waals surface area contributed by atoms with Crippen molar-refractivity contribution < 1.29 is 9.84 Å². The summed E-state index contributed by atoms with van der Waals surface area (Å²) in [5.74, 6) is 0. The minimum Gasteiger partial charge on any atom is -0.378 e. The molecular weight excluding hydrogens is 288 g/mol. The Morgan fingerprint density at radius 2 is 2.09 bits per heavy atom. The maximum atomic E-state index is 11.0. The summed E-state index contributed by atoms with van der Waals surface area (Å²) in [6.07, 6.45) is 4.97. The summed E-state index contributed by atoms with van der Waals surface area (Å²) in [6.45, 7) is 2.69. The van der Waals surface area contributed by atoms with E-state index in [1.807, 2.05) is 0 Å². The van der Waals surface area contributed by atoms with Crippen LogP contribution in [0.1, 0.15) is 30.5 Å². The summed E-state index contributed by atoms with van der Waals surface area (Å²) in [5, 5.41) is 12.4. The fraction of sp³-hybridized carbons (Fsp3) is 0.579. The molecule has 4 heteroatoms. The fourth-order valence-electron chi connectivity index (χ4n) is 5.17. The van der Waals surface area contributed by atoms with Gasteiger partial charge in [0.05, 0.1) is 6.10 Å². The lowest BCUT2D eigenvalue weighted by Crippen LogP contribution is -2.57. The lowest BCUT2D eigenvalue weighted by atomic mass is 9.71. The molecule has 23 heavy (non-hydrogen) atoms. The largest absolute Gasteiger partial charge is 0.378 e. The normalized spacial score (nSPS) is 36.8. The van der Waals surface area contributed by atoms with Gasteiger partial charge in [0.25, 0.3) is 0 Å². The first kappa shape index (κ1) is 14.0. The number of ether oxygens (including phenoxy) is 1. The van der Waals surface area contributed by atoms with Gasteiger partial charge in [-0.25, -0.2) is 0 Å². The molecule has 1 spiro atoms. The third-order valence-corrected chi connectivity index (χ3v) is 6.46. The van der Waals surface area contributed by atoms with Crippen LogP contribution in [0.25, 0.3) is 10.9 Å². The molecule has 4 nitrogen and oxygen atoms in total. The molecule has 2 unspecified atom stereocenters. The molecule has 1 aromatic heterocycles. The zero-order valence-corrected chi connectivity index (χ0v) is 13.4. The number of piperidine rings is 1. The maximum Gasteiger partial charge on any atom is 0.115 e. The van der Waals surface area contributed by atoms with E-state index in [0.717, 1.165) is 51.8 Å². The van der Waals surface area contributed by atoms with Gasteiger partial charge in [0.1, 0.15) is 6.23 Å². The summed E-state index contributed by atoms with van der Waals surface area (Å²) < 4.78 is 5.99. The Bertz CT molecular complexity index is 740. The van der Waals surface area contributed by atoms with E-state index in [1.54, 1.807) is 0 Å². The lowest BCUT2D eigenvalue weighted by molar-refractivity contribution is -0.155. The van der Waals surface area contributed by atoms with Crippen molar-refractivity contribution >= 4 is 10.9 Å². The molecular formula is C19H24N2O2. The molecule has 2 saturated heterocycles. The third-order valence-electron chi connectivity index (χ3n) is 6.46. The average molecular weight is 312 g/mol. The number of aliphatic hydroxyl groups excluding tert-OH is 1. The van der Waals surface area contributed by atoms with Crippen LogP contribution in [0.4, 0.5) is 0 Å². The van der Waals surface area contributed by atoms with Crippen LogP contribution in [-0.4, -0.2) is 47.0 Å². The molecule has 0 saturated carbocycles. The van der Waals surface area contributed by atoms with E-state index in [-0.39, 0.29) is 17.7 Å². The molecule has 122 valence electrons. The first-order valence-electron chi connectivity index (χ1n) is 8.90. The monoisotopic (exact) mass is 312 g/mol. The zero-order chi connectivity index (χ0) is 15.4. The molecule has 2 N–H and O–H groups in total. The van der Waals surface area contributed by atoms with Gasteiger partial charge in [-0.3, -0.25) is 4.90 Å². The fourth-order valence-corrected chi connectivity index (χ4v) is 5.17. The van der Waals surface area contributed by atoms with Crippen molar-refractivity contribution in [2.75, 3.05) is 19.7 Å². The maximum absolute atomic E-state index is 11.0. The molecule has 3 aliphatic heterocycles. The van der Waals surface area contributed by atoms with E-state index >= 15 is 0 Å². The quantitative estimate of drug-likeness (QED) is 0.785. The SMILES string of the molecule is OC1N2CCc3c([nH]c4ccccc34)CC[C@@]13CCO[C@H]3CC2. The van der Waals surface area contributed by atoms with Crippen molar-refractivity contribution in [3.8, 4) is 0 Å². The standard InChI is InChI=1S/C19H24N2O2/c22-18-19-8-5-16-14(13-3-1-2-4-15(13)20-16)6-10-21(18)11-7-17(19)23-12-9-19/h1-4,17-18,20,22H,5-12H2/t17-,18?,19-/m0/s1. The Balaban J connectivity index is 1.59. The van der Waals surface area contributed by atoms with Gasteiger partial charge >= 0.3 is 0 Å². The first-order chi connectivity index (χ1) is 11.3. The van der Waals surface area contributed by atoms with Crippen LogP contribution < -0.4 is 0 Å². The van der Waals surface area contributed by atoms with Gasteiger partial charge < -0.3 is 14.8 Å².